The Balaban J connectivity index is 3.06. The van der Waals surface area contributed by atoms with Crippen LogP contribution in [0.5, 0.6) is 0 Å². The van der Waals surface area contributed by atoms with Crippen molar-refractivity contribution in [3.05, 3.63) is 33.1 Å². The first kappa shape index (κ1) is 11.3. The Morgan fingerprint density at radius 2 is 2.36 bits per heavy atom. The van der Waals surface area contributed by atoms with E-state index in [1.54, 1.807) is 22.6 Å². The quantitative estimate of drug-likeness (QED) is 0.280. The Morgan fingerprint density at radius 3 is 2.86 bits per heavy atom. The third kappa shape index (κ3) is 2.88. The average Bonchev–Trinajstić information content (AvgIpc) is 2.07. The van der Waals surface area contributed by atoms with E-state index in [2.05, 4.69) is 4.98 Å². The summed E-state index contributed by atoms with van der Waals surface area (Å²) in [5.41, 5.74) is 0.210. The van der Waals surface area contributed by atoms with E-state index in [0.717, 1.165) is 0 Å². The summed E-state index contributed by atoms with van der Waals surface area (Å²) in [6.07, 6.45) is 1.47. The fraction of sp³-hybridized carbons (Fsp3) is 0.143. The molecule has 0 aliphatic rings. The lowest BCUT2D eigenvalue weighted by Crippen LogP contribution is -1.97. The highest BCUT2D eigenvalue weighted by Crippen LogP contribution is 2.22. The molecule has 0 saturated carbocycles. The Morgan fingerprint density at radius 1 is 1.71 bits per heavy atom. The van der Waals surface area contributed by atoms with E-state index in [0.29, 0.717) is 5.56 Å². The summed E-state index contributed by atoms with van der Waals surface area (Å²) in [7, 11) is 0. The van der Waals surface area contributed by atoms with Crippen molar-refractivity contribution in [1.82, 2.24) is 4.98 Å². The average molecular weight is 326 g/mol. The zero-order valence-corrected chi connectivity index (χ0v) is 9.65. The van der Waals surface area contributed by atoms with Gasteiger partial charge in [0, 0.05) is 18.7 Å². The first-order chi connectivity index (χ1) is 6.50. The fourth-order valence-corrected chi connectivity index (χ4v) is 1.48. The van der Waals surface area contributed by atoms with Crippen LogP contribution in [0.3, 0.4) is 0 Å². The number of rotatable bonds is 3. The second kappa shape index (κ2) is 4.65. The molecule has 0 aliphatic heterocycles. The maximum Gasteiger partial charge on any atom is 0.306 e. The molecule has 0 aliphatic carbocycles. The molecule has 0 bridgehead atoms. The Kier molecular flexibility index (Phi) is 3.76. The van der Waals surface area contributed by atoms with Crippen molar-refractivity contribution >= 4 is 43.7 Å². The van der Waals surface area contributed by atoms with Gasteiger partial charge in [0.05, 0.1) is 4.92 Å². The maximum atomic E-state index is 10.7. The summed E-state index contributed by atoms with van der Waals surface area (Å²) in [6, 6.07) is 1.26. The van der Waals surface area contributed by atoms with Crippen molar-refractivity contribution in [3.63, 3.8) is 0 Å². The van der Waals surface area contributed by atoms with E-state index >= 15 is 0 Å². The molecule has 1 aromatic rings. The molecule has 7 heteroatoms. The number of carbonyl (C=O) groups is 1. The van der Waals surface area contributed by atoms with Gasteiger partial charge in [-0.3, -0.25) is 14.9 Å². The lowest BCUT2D eigenvalue weighted by molar-refractivity contribution is -0.385. The number of nitrogens with zero attached hydrogens (tertiary/aromatic N) is 2. The van der Waals surface area contributed by atoms with Crippen LogP contribution < -0.4 is 0 Å². The molecule has 0 aromatic carbocycles. The van der Waals surface area contributed by atoms with Crippen molar-refractivity contribution in [3.8, 4) is 0 Å². The molecule has 1 rings (SSSR count). The van der Waals surface area contributed by atoms with Crippen molar-refractivity contribution in [1.29, 1.82) is 0 Å². The maximum absolute atomic E-state index is 10.7. The monoisotopic (exact) mass is 326 g/mol. The van der Waals surface area contributed by atoms with Crippen LogP contribution in [0.2, 0.25) is 5.15 Å². The van der Waals surface area contributed by atoms with E-state index in [4.69, 9.17) is 11.6 Å². The summed E-state index contributed by atoms with van der Waals surface area (Å²) < 4.78 is -0.110. The van der Waals surface area contributed by atoms with Gasteiger partial charge in [-0.2, -0.15) is 0 Å². The standard InChI is InChI=1S/C7H4ClIN2O3/c8-7-5(11(13)14)1-4(3-10-7)2-6(9)12/h1,3H,2H2. The first-order valence-electron chi connectivity index (χ1n) is 3.48. The predicted molar refractivity (Wildman–Crippen MR) is 58.6 cm³/mol. The second-order valence-electron chi connectivity index (χ2n) is 2.44. The van der Waals surface area contributed by atoms with Crippen LogP contribution in [-0.2, 0) is 11.2 Å². The molecule has 0 amide bonds. The molecule has 74 valence electrons. The summed E-state index contributed by atoms with van der Waals surface area (Å²) in [4.78, 5) is 24.2. The van der Waals surface area contributed by atoms with Gasteiger partial charge in [0.15, 0.2) is 3.79 Å². The van der Waals surface area contributed by atoms with E-state index in [-0.39, 0.29) is 21.1 Å². The summed E-state index contributed by atoms with van der Waals surface area (Å²) in [5.74, 6) is 0. The minimum absolute atomic E-state index is 0.110. The molecule has 1 aromatic heterocycles. The molecule has 0 N–H and O–H groups in total. The first-order valence-corrected chi connectivity index (χ1v) is 4.93. The molecule has 0 atom stereocenters. The largest absolute Gasteiger partial charge is 0.306 e. The van der Waals surface area contributed by atoms with Crippen molar-refractivity contribution in [2.24, 2.45) is 0 Å². The number of carbonyl (C=O) groups excluding carboxylic acids is 1. The number of halogens is 2. The van der Waals surface area contributed by atoms with Crippen molar-refractivity contribution in [2.75, 3.05) is 0 Å². The predicted octanol–water partition coefficient (Wildman–Crippen LogP) is 2.15. The van der Waals surface area contributed by atoms with Gasteiger partial charge in [-0.25, -0.2) is 4.98 Å². The molecule has 0 unspecified atom stereocenters. The number of nitro groups is 1. The van der Waals surface area contributed by atoms with Gasteiger partial charge in [0.1, 0.15) is 0 Å². The molecule has 1 heterocycles. The number of aromatic nitrogens is 1. The zero-order chi connectivity index (χ0) is 10.7. The Hall–Kier alpha value is -0.760. The van der Waals surface area contributed by atoms with Crippen LogP contribution in [-0.4, -0.2) is 13.7 Å². The number of pyridine rings is 1. The van der Waals surface area contributed by atoms with E-state index in [1.165, 1.54) is 12.3 Å². The number of hydrogen-bond acceptors (Lipinski definition) is 4. The lowest BCUT2D eigenvalue weighted by atomic mass is 10.2. The highest BCUT2D eigenvalue weighted by Gasteiger charge is 2.14. The number of hydrogen-bond donors (Lipinski definition) is 0. The van der Waals surface area contributed by atoms with Gasteiger partial charge in [0.2, 0.25) is 5.15 Å². The van der Waals surface area contributed by atoms with Crippen LogP contribution >= 0.6 is 34.2 Å². The summed E-state index contributed by atoms with van der Waals surface area (Å²) in [6.45, 7) is 0. The van der Waals surface area contributed by atoms with E-state index < -0.39 is 4.92 Å². The van der Waals surface area contributed by atoms with Crippen LogP contribution in [0, 0.1) is 10.1 Å². The molecule has 14 heavy (non-hydrogen) atoms. The van der Waals surface area contributed by atoms with Crippen LogP contribution in [0.4, 0.5) is 5.69 Å². The summed E-state index contributed by atoms with van der Waals surface area (Å²) >= 11 is 7.10. The Bertz CT molecular complexity index is 397. The summed E-state index contributed by atoms with van der Waals surface area (Å²) in [5, 5.41) is 10.3. The molecular weight excluding hydrogens is 322 g/mol. The van der Waals surface area contributed by atoms with Crippen molar-refractivity contribution in [2.45, 2.75) is 6.42 Å². The third-order valence-corrected chi connectivity index (χ3v) is 2.09. The second-order valence-corrected chi connectivity index (χ2v) is 4.00. The van der Waals surface area contributed by atoms with Crippen LogP contribution in [0.15, 0.2) is 12.3 Å². The zero-order valence-electron chi connectivity index (χ0n) is 6.74. The third-order valence-electron chi connectivity index (χ3n) is 1.42. The fourth-order valence-electron chi connectivity index (χ4n) is 0.863. The molecule has 0 spiro atoms. The van der Waals surface area contributed by atoms with Crippen LogP contribution in [0.1, 0.15) is 5.56 Å². The Labute approximate surface area is 97.8 Å². The topological polar surface area (TPSA) is 73.1 Å². The van der Waals surface area contributed by atoms with Gasteiger partial charge in [0.25, 0.3) is 0 Å². The van der Waals surface area contributed by atoms with Gasteiger partial charge < -0.3 is 0 Å². The minimum Gasteiger partial charge on any atom is -0.287 e. The van der Waals surface area contributed by atoms with Gasteiger partial charge in [-0.1, -0.05) is 11.6 Å². The van der Waals surface area contributed by atoms with Gasteiger partial charge in [-0.05, 0) is 28.2 Å². The minimum atomic E-state index is -0.628. The van der Waals surface area contributed by atoms with Gasteiger partial charge >= 0.3 is 5.69 Å². The lowest BCUT2D eigenvalue weighted by Gasteiger charge is -1.97. The SMILES string of the molecule is O=C(I)Cc1cnc(Cl)c([N+](=O)[O-])c1. The van der Waals surface area contributed by atoms with E-state index in [1.807, 2.05) is 0 Å². The highest BCUT2D eigenvalue weighted by atomic mass is 127. The molecular formula is C7H4ClIN2O3. The molecule has 0 radical (unpaired) electrons. The van der Waals surface area contributed by atoms with E-state index in [9.17, 15) is 14.9 Å². The highest BCUT2D eigenvalue weighted by molar-refractivity contribution is 14.1. The molecule has 0 saturated heterocycles. The normalized spacial score (nSPS) is 9.86. The molecule has 0 fully saturated rings. The van der Waals surface area contributed by atoms with Gasteiger partial charge in [-0.15, -0.1) is 0 Å². The smallest absolute Gasteiger partial charge is 0.287 e. The van der Waals surface area contributed by atoms with Crippen molar-refractivity contribution < 1.29 is 9.72 Å². The van der Waals surface area contributed by atoms with Crippen LogP contribution in [0.25, 0.3) is 0 Å². The molecule has 5 nitrogen and oxygen atoms in total.